The largest absolute Gasteiger partial charge is 0.483 e. The molecule has 4 heteroatoms. The van der Waals surface area contributed by atoms with Crippen LogP contribution < -0.4 is 15.0 Å². The van der Waals surface area contributed by atoms with E-state index in [0.29, 0.717) is 0 Å². The summed E-state index contributed by atoms with van der Waals surface area (Å²) in [4.78, 5) is 14.9. The Hall–Kier alpha value is -2.49. The summed E-state index contributed by atoms with van der Waals surface area (Å²) < 4.78 is 5.85. The molecule has 0 unspecified atom stereocenters. The third-order valence-corrected chi connectivity index (χ3v) is 5.97. The second-order valence-corrected chi connectivity index (χ2v) is 9.59. The molecular formula is C26H36N2O2. The Morgan fingerprint density at radius 2 is 1.73 bits per heavy atom. The van der Waals surface area contributed by atoms with Crippen molar-refractivity contribution in [2.45, 2.75) is 58.9 Å². The van der Waals surface area contributed by atoms with Gasteiger partial charge in [0.15, 0.2) is 6.61 Å². The van der Waals surface area contributed by atoms with Gasteiger partial charge in [-0.3, -0.25) is 4.79 Å². The second kappa shape index (κ2) is 9.55. The zero-order chi connectivity index (χ0) is 21.7. The molecule has 3 rings (SSSR count). The monoisotopic (exact) mass is 408 g/mol. The first-order valence-corrected chi connectivity index (χ1v) is 11.1. The van der Waals surface area contributed by atoms with Crippen LogP contribution in [0, 0.1) is 5.92 Å². The van der Waals surface area contributed by atoms with E-state index in [1.165, 1.54) is 18.5 Å². The third kappa shape index (κ3) is 5.78. The van der Waals surface area contributed by atoms with Gasteiger partial charge < -0.3 is 15.0 Å². The number of carbonyl (C=O) groups is 1. The summed E-state index contributed by atoms with van der Waals surface area (Å²) in [7, 11) is 0. The number of amides is 1. The van der Waals surface area contributed by atoms with E-state index in [2.05, 4.69) is 68.2 Å². The van der Waals surface area contributed by atoms with Gasteiger partial charge in [0, 0.05) is 18.8 Å². The molecule has 0 aromatic heterocycles. The lowest BCUT2D eigenvalue weighted by Crippen LogP contribution is -2.33. The van der Waals surface area contributed by atoms with Gasteiger partial charge in [0.1, 0.15) is 5.75 Å². The maximum atomic E-state index is 12.5. The Labute approximate surface area is 181 Å². The van der Waals surface area contributed by atoms with Crippen LogP contribution in [0.5, 0.6) is 5.75 Å². The van der Waals surface area contributed by atoms with E-state index in [0.717, 1.165) is 35.9 Å². The Kier molecular flexibility index (Phi) is 7.06. The van der Waals surface area contributed by atoms with Gasteiger partial charge in [-0.25, -0.2) is 0 Å². The molecular weight excluding hydrogens is 372 g/mol. The van der Waals surface area contributed by atoms with Gasteiger partial charge in [0.25, 0.3) is 5.91 Å². The first-order valence-electron chi connectivity index (χ1n) is 11.1. The highest BCUT2D eigenvalue weighted by molar-refractivity contribution is 5.78. The number of piperidine rings is 1. The molecule has 1 aliphatic rings. The predicted octanol–water partition coefficient (Wildman–Crippen LogP) is 5.48. The number of ether oxygens (including phenoxy) is 1. The van der Waals surface area contributed by atoms with Crippen molar-refractivity contribution in [3.8, 4) is 5.75 Å². The summed E-state index contributed by atoms with van der Waals surface area (Å²) in [5.74, 6) is 1.49. The van der Waals surface area contributed by atoms with Crippen LogP contribution in [-0.2, 0) is 10.2 Å². The van der Waals surface area contributed by atoms with Crippen LogP contribution >= 0.6 is 0 Å². The van der Waals surface area contributed by atoms with Crippen molar-refractivity contribution in [3.05, 3.63) is 59.7 Å². The number of hydrogen-bond donors (Lipinski definition) is 1. The number of nitrogens with zero attached hydrogens (tertiary/aromatic N) is 1. The molecule has 0 radical (unpaired) electrons. The molecule has 0 saturated carbocycles. The summed E-state index contributed by atoms with van der Waals surface area (Å²) in [6, 6.07) is 16.4. The van der Waals surface area contributed by atoms with Crippen LogP contribution in [-0.4, -0.2) is 25.6 Å². The van der Waals surface area contributed by atoms with E-state index in [1.54, 1.807) is 0 Å². The molecule has 1 aliphatic heterocycles. The number of para-hydroxylation sites is 1. The maximum Gasteiger partial charge on any atom is 0.258 e. The fourth-order valence-corrected chi connectivity index (χ4v) is 3.96. The highest BCUT2D eigenvalue weighted by Crippen LogP contribution is 2.31. The van der Waals surface area contributed by atoms with Crippen molar-refractivity contribution < 1.29 is 9.53 Å². The number of carbonyl (C=O) groups excluding carboxylic acids is 1. The van der Waals surface area contributed by atoms with E-state index in [1.807, 2.05) is 25.1 Å². The highest BCUT2D eigenvalue weighted by Gasteiger charge is 2.20. The molecule has 1 amide bonds. The lowest BCUT2D eigenvalue weighted by atomic mass is 9.86. The number of anilines is 1. The van der Waals surface area contributed by atoms with E-state index >= 15 is 0 Å². The first-order chi connectivity index (χ1) is 14.2. The third-order valence-electron chi connectivity index (χ3n) is 5.97. The zero-order valence-corrected chi connectivity index (χ0v) is 19.1. The van der Waals surface area contributed by atoms with Gasteiger partial charge in [-0.2, -0.15) is 0 Å². The summed E-state index contributed by atoms with van der Waals surface area (Å²) in [5.41, 5.74) is 3.45. The number of benzene rings is 2. The fourth-order valence-electron chi connectivity index (χ4n) is 3.96. The van der Waals surface area contributed by atoms with Crippen LogP contribution in [0.2, 0.25) is 0 Å². The van der Waals surface area contributed by atoms with Crippen molar-refractivity contribution in [3.63, 3.8) is 0 Å². The van der Waals surface area contributed by atoms with Gasteiger partial charge >= 0.3 is 0 Å². The van der Waals surface area contributed by atoms with Crippen molar-refractivity contribution in [1.82, 2.24) is 5.32 Å². The molecule has 2 aromatic carbocycles. The standard InChI is InChI=1S/C26H36N2O2/c1-19-14-16-28(17-15-19)22-12-10-21(11-13-22)20(2)27-25(29)18-30-24-9-7-6-8-23(24)26(3,4)5/h6-13,19-20H,14-18H2,1-5H3,(H,27,29)/t20-/m0/s1. The number of hydrogen-bond acceptors (Lipinski definition) is 3. The molecule has 162 valence electrons. The van der Waals surface area contributed by atoms with E-state index in [4.69, 9.17) is 4.74 Å². The van der Waals surface area contributed by atoms with Crippen LogP contribution in [0.3, 0.4) is 0 Å². The van der Waals surface area contributed by atoms with Gasteiger partial charge in [-0.05, 0) is 60.4 Å². The zero-order valence-electron chi connectivity index (χ0n) is 19.1. The first kappa shape index (κ1) is 22.2. The number of nitrogens with one attached hydrogen (secondary N) is 1. The molecule has 1 atom stereocenters. The summed E-state index contributed by atoms with van der Waals surface area (Å²) in [6.45, 7) is 13.0. The smallest absolute Gasteiger partial charge is 0.258 e. The van der Waals surface area contributed by atoms with Gasteiger partial charge in [0.05, 0.1) is 6.04 Å². The minimum Gasteiger partial charge on any atom is -0.483 e. The minimum absolute atomic E-state index is 0.0154. The van der Waals surface area contributed by atoms with Crippen LogP contribution in [0.15, 0.2) is 48.5 Å². The lowest BCUT2D eigenvalue weighted by Gasteiger charge is -2.32. The molecule has 30 heavy (non-hydrogen) atoms. The normalized spacial score (nSPS) is 16.2. The Morgan fingerprint density at radius 3 is 2.37 bits per heavy atom. The maximum absolute atomic E-state index is 12.5. The summed E-state index contributed by atoms with van der Waals surface area (Å²) >= 11 is 0. The Balaban J connectivity index is 1.53. The minimum atomic E-state index is -0.111. The summed E-state index contributed by atoms with van der Waals surface area (Å²) in [6.07, 6.45) is 2.51. The van der Waals surface area contributed by atoms with Crippen LogP contribution in [0.25, 0.3) is 0 Å². The molecule has 1 N–H and O–H groups in total. The van der Waals surface area contributed by atoms with Crippen molar-refractivity contribution in [2.24, 2.45) is 5.92 Å². The van der Waals surface area contributed by atoms with Crippen molar-refractivity contribution in [2.75, 3.05) is 24.6 Å². The quantitative estimate of drug-likeness (QED) is 0.688. The molecule has 0 bridgehead atoms. The predicted molar refractivity (Wildman–Crippen MR) is 124 cm³/mol. The molecule has 1 fully saturated rings. The van der Waals surface area contributed by atoms with E-state index in [-0.39, 0.29) is 24.0 Å². The molecule has 2 aromatic rings. The van der Waals surface area contributed by atoms with Crippen LogP contribution in [0.4, 0.5) is 5.69 Å². The van der Waals surface area contributed by atoms with E-state index < -0.39 is 0 Å². The van der Waals surface area contributed by atoms with Crippen LogP contribution in [0.1, 0.15) is 64.6 Å². The van der Waals surface area contributed by atoms with Gasteiger partial charge in [0.2, 0.25) is 0 Å². The summed E-state index contributed by atoms with van der Waals surface area (Å²) in [5, 5.41) is 3.05. The molecule has 0 spiro atoms. The molecule has 0 aliphatic carbocycles. The van der Waals surface area contributed by atoms with Crippen molar-refractivity contribution in [1.29, 1.82) is 0 Å². The second-order valence-electron chi connectivity index (χ2n) is 9.59. The SMILES string of the molecule is CC1CCN(c2ccc([C@H](C)NC(=O)COc3ccccc3C(C)(C)C)cc2)CC1. The van der Waals surface area contributed by atoms with Gasteiger partial charge in [-0.15, -0.1) is 0 Å². The average molecular weight is 409 g/mol. The number of rotatable bonds is 6. The molecule has 1 heterocycles. The molecule has 4 nitrogen and oxygen atoms in total. The van der Waals surface area contributed by atoms with Crippen molar-refractivity contribution >= 4 is 11.6 Å². The average Bonchev–Trinajstić information content (AvgIpc) is 2.72. The Bertz CT molecular complexity index is 831. The van der Waals surface area contributed by atoms with E-state index in [9.17, 15) is 4.79 Å². The lowest BCUT2D eigenvalue weighted by molar-refractivity contribution is -0.123. The fraction of sp³-hybridized carbons (Fsp3) is 0.500. The topological polar surface area (TPSA) is 41.6 Å². The highest BCUT2D eigenvalue weighted by atomic mass is 16.5. The van der Waals surface area contributed by atoms with Gasteiger partial charge in [-0.1, -0.05) is 58.0 Å². The Morgan fingerprint density at radius 1 is 1.10 bits per heavy atom. The molecule has 1 saturated heterocycles.